The Labute approximate surface area is 187 Å². The molecule has 10 heteroatoms. The first-order chi connectivity index (χ1) is 16.0. The number of aromatic amines is 1. The van der Waals surface area contributed by atoms with Crippen LogP contribution in [-0.4, -0.2) is 62.7 Å². The third kappa shape index (κ3) is 3.58. The van der Waals surface area contributed by atoms with E-state index in [9.17, 15) is 9.50 Å². The van der Waals surface area contributed by atoms with Gasteiger partial charge in [0.2, 0.25) is 0 Å². The molecule has 0 saturated carbocycles. The Morgan fingerprint density at radius 1 is 1.03 bits per heavy atom. The van der Waals surface area contributed by atoms with Gasteiger partial charge in [0.25, 0.3) is 0 Å². The van der Waals surface area contributed by atoms with Crippen LogP contribution in [0.4, 0.5) is 10.1 Å². The fourth-order valence-corrected chi connectivity index (χ4v) is 4.24. The second kappa shape index (κ2) is 7.77. The highest BCUT2D eigenvalue weighted by molar-refractivity contribution is 5.81. The molecule has 3 aromatic heterocycles. The van der Waals surface area contributed by atoms with E-state index >= 15 is 0 Å². The predicted octanol–water partition coefficient (Wildman–Crippen LogP) is 2.31. The van der Waals surface area contributed by atoms with Gasteiger partial charge in [-0.05, 0) is 0 Å². The molecule has 6 rings (SSSR count). The van der Waals surface area contributed by atoms with Crippen molar-refractivity contribution in [2.45, 2.75) is 24.4 Å². The number of ether oxygens (including phenoxy) is 3. The minimum Gasteiger partial charge on any atom is -0.470 e. The number of hydrogen-bond donors (Lipinski definition) is 3. The average molecular weight is 449 g/mol. The predicted molar refractivity (Wildman–Crippen MR) is 117 cm³/mol. The summed E-state index contributed by atoms with van der Waals surface area (Å²) in [7, 11) is 0. The van der Waals surface area contributed by atoms with Crippen molar-refractivity contribution in [3.63, 3.8) is 0 Å². The first-order valence-electron chi connectivity index (χ1n) is 10.5. The monoisotopic (exact) mass is 449 g/mol. The van der Waals surface area contributed by atoms with Gasteiger partial charge in [0.05, 0.1) is 42.3 Å². The number of nitrogen functional groups attached to an aromatic ring is 1. The molecule has 0 bridgehead atoms. The normalized spacial score (nSPS) is 24.3. The molecule has 2 aliphatic heterocycles. The number of halogens is 1. The summed E-state index contributed by atoms with van der Waals surface area (Å²) >= 11 is 0. The minimum atomic E-state index is -0.650. The largest absolute Gasteiger partial charge is 0.470 e. The lowest BCUT2D eigenvalue weighted by molar-refractivity contribution is 0.00794. The molecule has 9 nitrogen and oxygen atoms in total. The van der Waals surface area contributed by atoms with Crippen molar-refractivity contribution >= 4 is 16.7 Å². The summed E-state index contributed by atoms with van der Waals surface area (Å²) in [5, 5.41) is 9.88. The van der Waals surface area contributed by atoms with Gasteiger partial charge < -0.3 is 30.0 Å². The number of benzene rings is 1. The Morgan fingerprint density at radius 2 is 1.76 bits per heavy atom. The van der Waals surface area contributed by atoms with Gasteiger partial charge in [-0.1, -0.05) is 24.3 Å². The molecule has 0 spiro atoms. The zero-order valence-corrected chi connectivity index (χ0v) is 17.3. The summed E-state index contributed by atoms with van der Waals surface area (Å²) in [4.78, 5) is 15.9. The van der Waals surface area contributed by atoms with E-state index in [0.717, 1.165) is 5.56 Å². The maximum atomic E-state index is 14.9. The molecular weight excluding hydrogens is 429 g/mol. The lowest BCUT2D eigenvalue weighted by Gasteiger charge is -2.16. The maximum Gasteiger partial charge on any atom is 0.193 e. The highest BCUT2D eigenvalue weighted by atomic mass is 19.1. The summed E-state index contributed by atoms with van der Waals surface area (Å²) in [6, 6.07) is 10.3. The Bertz CT molecular complexity index is 1310. The van der Waals surface area contributed by atoms with Crippen LogP contribution in [0.3, 0.4) is 0 Å². The highest BCUT2D eigenvalue weighted by Crippen LogP contribution is 2.32. The number of aliphatic hydroxyl groups excluding tert-OH is 1. The standard InChI is InChI=1S/C23H20FN5O4/c24-14-5-15-16(6-19(28-15)33-18-10-32-21-17(30)9-31-22(18)21)29-20(14)11-1-3-12(4-2-11)23-26-7-13(25)8-27-23/h1-8,17-18,21-22,28,30H,9-10,25H2/t17-,18-,21?,22-/m1/s1. The number of H-pyrrole nitrogens is 1. The molecule has 0 radical (unpaired) electrons. The third-order valence-corrected chi connectivity index (χ3v) is 5.88. The SMILES string of the molecule is Nc1cnc(-c2ccc(-c3nc4cc(O[C@@H]5COC6[C@H](O)CO[C@@H]65)[nH]c4cc3F)cc2)nc1. The van der Waals surface area contributed by atoms with Crippen LogP contribution in [0, 0.1) is 5.82 Å². The van der Waals surface area contributed by atoms with E-state index in [2.05, 4.69) is 19.9 Å². The molecule has 1 unspecified atom stereocenters. The van der Waals surface area contributed by atoms with E-state index in [1.807, 2.05) is 12.1 Å². The molecule has 2 saturated heterocycles. The zero-order valence-electron chi connectivity index (χ0n) is 17.3. The number of aliphatic hydroxyl groups is 1. The average Bonchev–Trinajstić information content (AvgIpc) is 3.51. The maximum absolute atomic E-state index is 14.9. The number of nitrogens with one attached hydrogen (secondary N) is 1. The molecule has 2 fully saturated rings. The Hall–Kier alpha value is -3.60. The van der Waals surface area contributed by atoms with E-state index in [1.54, 1.807) is 18.2 Å². The van der Waals surface area contributed by atoms with Gasteiger partial charge in [0, 0.05) is 23.3 Å². The van der Waals surface area contributed by atoms with Crippen molar-refractivity contribution in [3.8, 4) is 28.5 Å². The summed E-state index contributed by atoms with van der Waals surface area (Å²) in [6.45, 7) is 0.528. The number of aromatic nitrogens is 4. The third-order valence-electron chi connectivity index (χ3n) is 5.88. The first-order valence-corrected chi connectivity index (χ1v) is 10.5. The van der Waals surface area contributed by atoms with Crippen LogP contribution in [0.15, 0.2) is 48.8 Å². The number of hydrogen-bond acceptors (Lipinski definition) is 8. The van der Waals surface area contributed by atoms with Crippen molar-refractivity contribution < 1.29 is 23.7 Å². The summed E-state index contributed by atoms with van der Waals surface area (Å²) < 4.78 is 32.0. The van der Waals surface area contributed by atoms with E-state index in [0.29, 0.717) is 40.6 Å². The lowest BCUT2D eigenvalue weighted by atomic mass is 10.1. The molecule has 33 heavy (non-hydrogen) atoms. The number of nitrogens with two attached hydrogens (primary N) is 1. The number of rotatable bonds is 4. The van der Waals surface area contributed by atoms with Crippen LogP contribution < -0.4 is 10.5 Å². The van der Waals surface area contributed by atoms with Gasteiger partial charge in [0.15, 0.2) is 23.6 Å². The van der Waals surface area contributed by atoms with Gasteiger partial charge in [-0.3, -0.25) is 0 Å². The molecule has 0 amide bonds. The second-order valence-corrected chi connectivity index (χ2v) is 8.12. The first kappa shape index (κ1) is 20.0. The molecule has 4 N–H and O–H groups in total. The van der Waals surface area contributed by atoms with Crippen LogP contribution in [0.1, 0.15) is 0 Å². The molecule has 168 valence electrons. The summed E-state index contributed by atoms with van der Waals surface area (Å²) in [5.41, 5.74) is 8.83. The van der Waals surface area contributed by atoms with Crippen molar-refractivity contribution in [1.29, 1.82) is 0 Å². The van der Waals surface area contributed by atoms with Crippen LogP contribution >= 0.6 is 0 Å². The van der Waals surface area contributed by atoms with E-state index in [1.165, 1.54) is 18.5 Å². The molecule has 2 aliphatic rings. The molecule has 0 aliphatic carbocycles. The van der Waals surface area contributed by atoms with E-state index < -0.39 is 11.9 Å². The van der Waals surface area contributed by atoms with Crippen LogP contribution in [-0.2, 0) is 9.47 Å². The highest BCUT2D eigenvalue weighted by Gasteiger charge is 2.48. The van der Waals surface area contributed by atoms with E-state index in [4.69, 9.17) is 19.9 Å². The van der Waals surface area contributed by atoms with Crippen LogP contribution in [0.2, 0.25) is 0 Å². The van der Waals surface area contributed by atoms with Gasteiger partial charge in [-0.15, -0.1) is 0 Å². The van der Waals surface area contributed by atoms with Crippen LogP contribution in [0.25, 0.3) is 33.7 Å². The lowest BCUT2D eigenvalue weighted by Crippen LogP contribution is -2.34. The fraction of sp³-hybridized carbons (Fsp3) is 0.261. The molecule has 5 heterocycles. The smallest absolute Gasteiger partial charge is 0.193 e. The second-order valence-electron chi connectivity index (χ2n) is 8.12. The van der Waals surface area contributed by atoms with Gasteiger partial charge in [0.1, 0.15) is 24.0 Å². The Kier molecular flexibility index (Phi) is 4.72. The fourth-order valence-electron chi connectivity index (χ4n) is 4.24. The van der Waals surface area contributed by atoms with Crippen molar-refractivity contribution in [2.75, 3.05) is 18.9 Å². The van der Waals surface area contributed by atoms with Crippen molar-refractivity contribution in [3.05, 3.63) is 54.6 Å². The van der Waals surface area contributed by atoms with E-state index in [-0.39, 0.29) is 30.6 Å². The molecular formula is C23H20FN5O4. The molecule has 4 atom stereocenters. The van der Waals surface area contributed by atoms with Gasteiger partial charge >= 0.3 is 0 Å². The van der Waals surface area contributed by atoms with Crippen molar-refractivity contribution in [1.82, 2.24) is 19.9 Å². The summed E-state index contributed by atoms with van der Waals surface area (Å²) in [5.74, 6) is 0.506. The van der Waals surface area contributed by atoms with Crippen LogP contribution in [0.5, 0.6) is 5.88 Å². The van der Waals surface area contributed by atoms with Gasteiger partial charge in [-0.2, -0.15) is 0 Å². The number of nitrogens with zero attached hydrogens (tertiary/aromatic N) is 3. The zero-order chi connectivity index (χ0) is 22.5. The number of fused-ring (bicyclic) bond motifs is 2. The Balaban J connectivity index is 1.25. The summed E-state index contributed by atoms with van der Waals surface area (Å²) in [6.07, 6.45) is 1.33. The quantitative estimate of drug-likeness (QED) is 0.433. The molecule has 4 aromatic rings. The number of anilines is 1. The molecule has 1 aromatic carbocycles. The van der Waals surface area contributed by atoms with Gasteiger partial charge in [-0.25, -0.2) is 19.3 Å². The minimum absolute atomic E-state index is 0.223. The Morgan fingerprint density at radius 3 is 2.55 bits per heavy atom. The van der Waals surface area contributed by atoms with Crippen molar-refractivity contribution in [2.24, 2.45) is 0 Å². The number of pyridine rings is 1. The topological polar surface area (TPSA) is 128 Å².